The zero-order valence-electron chi connectivity index (χ0n) is 27.0. The molecule has 3 N–H and O–H groups in total. The van der Waals surface area contributed by atoms with Crippen LogP contribution in [0.5, 0.6) is 0 Å². The Balaban J connectivity index is 0.000000277. The molecule has 4 rings (SSSR count). The monoisotopic (exact) mass is 703 g/mol. The van der Waals surface area contributed by atoms with Gasteiger partial charge in [-0.05, 0) is 48.7 Å². The number of esters is 1. The van der Waals surface area contributed by atoms with Crippen LogP contribution < -0.4 is 4.72 Å². The lowest BCUT2D eigenvalue weighted by atomic mass is 9.96. The minimum atomic E-state index is -3.99. The van der Waals surface area contributed by atoms with Gasteiger partial charge in [0.2, 0.25) is 10.0 Å². The van der Waals surface area contributed by atoms with Gasteiger partial charge in [-0.15, -0.1) is 0 Å². The summed E-state index contributed by atoms with van der Waals surface area (Å²) < 4.78 is 35.9. The van der Waals surface area contributed by atoms with E-state index in [4.69, 9.17) is 26.6 Å². The third-order valence-electron chi connectivity index (χ3n) is 7.65. The molecule has 1 unspecified atom stereocenters. The van der Waals surface area contributed by atoms with Crippen molar-refractivity contribution < 1.29 is 42.5 Å². The van der Waals surface area contributed by atoms with Crippen LogP contribution in [-0.4, -0.2) is 105 Å². The predicted octanol–water partition coefficient (Wildman–Crippen LogP) is 3.83. The van der Waals surface area contributed by atoms with E-state index in [0.29, 0.717) is 6.61 Å². The molecule has 1 heterocycles. The first-order valence-electron chi connectivity index (χ1n) is 15.3. The van der Waals surface area contributed by atoms with Crippen LogP contribution in [0.15, 0.2) is 83.8 Å². The third kappa shape index (κ3) is 12.6. The summed E-state index contributed by atoms with van der Waals surface area (Å²) in [4.78, 5) is 37.3. The highest BCUT2D eigenvalue weighted by Crippen LogP contribution is 2.30. The Morgan fingerprint density at radius 3 is 2.06 bits per heavy atom. The first kappa shape index (κ1) is 38.6. The van der Waals surface area contributed by atoms with Crippen molar-refractivity contribution in [1.82, 2.24) is 14.5 Å². The van der Waals surface area contributed by atoms with Crippen molar-refractivity contribution in [3.05, 3.63) is 101 Å². The van der Waals surface area contributed by atoms with Crippen molar-refractivity contribution in [2.24, 2.45) is 0 Å². The number of ether oxygens (including phenoxy) is 2. The van der Waals surface area contributed by atoms with Crippen LogP contribution in [0.2, 0.25) is 5.02 Å². The van der Waals surface area contributed by atoms with E-state index in [0.717, 1.165) is 43.3 Å². The average Bonchev–Trinajstić information content (AvgIpc) is 3.07. The second-order valence-corrected chi connectivity index (χ2v) is 13.3. The summed E-state index contributed by atoms with van der Waals surface area (Å²) in [5.41, 5.74) is 3.41. The van der Waals surface area contributed by atoms with Gasteiger partial charge in [-0.25, -0.2) is 13.2 Å². The van der Waals surface area contributed by atoms with E-state index in [-0.39, 0.29) is 29.9 Å². The van der Waals surface area contributed by atoms with E-state index in [1.807, 2.05) is 16.9 Å². The van der Waals surface area contributed by atoms with Gasteiger partial charge in [0.25, 0.3) is 0 Å². The third-order valence-corrected chi connectivity index (χ3v) is 9.39. The minimum Gasteiger partial charge on any atom is -0.481 e. The smallest absolute Gasteiger partial charge is 0.331 e. The molecule has 0 saturated carbocycles. The predicted molar refractivity (Wildman–Crippen MR) is 180 cm³/mol. The number of aryl methyl sites for hydroxylation is 1. The topological polar surface area (TPSA) is 163 Å². The number of carbonyl (C=O) groups excluding carboxylic acids is 1. The minimum absolute atomic E-state index is 0.0170. The molecule has 1 saturated heterocycles. The molecule has 260 valence electrons. The lowest BCUT2D eigenvalue weighted by Crippen LogP contribution is -2.48. The molecule has 0 bridgehead atoms. The highest BCUT2D eigenvalue weighted by molar-refractivity contribution is 7.89. The molecule has 2 atom stereocenters. The van der Waals surface area contributed by atoms with Crippen molar-refractivity contribution in [3.8, 4) is 0 Å². The zero-order chi connectivity index (χ0) is 35.1. The number of halogens is 1. The van der Waals surface area contributed by atoms with Gasteiger partial charge in [0, 0.05) is 44.2 Å². The number of rotatable bonds is 15. The molecule has 0 aliphatic carbocycles. The first-order valence-corrected chi connectivity index (χ1v) is 17.2. The van der Waals surface area contributed by atoms with E-state index >= 15 is 0 Å². The number of carboxylic acids is 2. The summed E-state index contributed by atoms with van der Waals surface area (Å²) in [7, 11) is -2.62. The maximum atomic E-state index is 12.0. The van der Waals surface area contributed by atoms with Crippen LogP contribution >= 0.6 is 11.6 Å². The number of piperazine rings is 1. The quantitative estimate of drug-likeness (QED) is 0.156. The SMILES string of the molecule is COC(=O)COCCN1CCN(C(c2ccccc2)c2ccc(Cl)cc2)CC1.Cc1ccc(S(=O)(=O)N[C@H](CCC(=O)O)C(=O)O)cc1. The number of methoxy groups -OCH3 is 1. The molecular formula is C34H42ClN3O9S. The van der Waals surface area contributed by atoms with Crippen LogP contribution in [0.1, 0.15) is 35.6 Å². The highest BCUT2D eigenvalue weighted by atomic mass is 35.5. The molecule has 3 aromatic rings. The molecule has 1 aliphatic rings. The molecule has 1 fully saturated rings. The van der Waals surface area contributed by atoms with Crippen LogP contribution in [0.3, 0.4) is 0 Å². The van der Waals surface area contributed by atoms with Gasteiger partial charge >= 0.3 is 17.9 Å². The van der Waals surface area contributed by atoms with Gasteiger partial charge in [0.15, 0.2) is 0 Å². The van der Waals surface area contributed by atoms with E-state index in [9.17, 15) is 22.8 Å². The number of carboxylic acid groups (broad SMARTS) is 2. The second-order valence-electron chi connectivity index (χ2n) is 11.1. The van der Waals surface area contributed by atoms with Crippen LogP contribution in [0, 0.1) is 6.92 Å². The van der Waals surface area contributed by atoms with Crippen molar-refractivity contribution in [2.75, 3.05) is 53.0 Å². The number of aliphatic carboxylic acids is 2. The average molecular weight is 704 g/mol. The van der Waals surface area contributed by atoms with Crippen molar-refractivity contribution >= 4 is 39.5 Å². The Labute approximate surface area is 286 Å². The standard InChI is InChI=1S/C22H27ClN2O3.C12H15NO6S/c1-27-21(26)17-28-16-15-24-11-13-25(14-12-24)22(18-5-3-2-4-6-18)19-7-9-20(23)10-8-19;1-8-2-4-9(5-3-8)20(18,19)13-10(12(16)17)6-7-11(14)15/h2-10,22H,11-17H2,1H3;2-5,10,13H,6-7H2,1H3,(H,14,15)(H,16,17)/t;10-/m.1/s1. The van der Waals surface area contributed by atoms with Crippen molar-refractivity contribution in [2.45, 2.75) is 36.7 Å². The number of carbonyl (C=O) groups is 3. The molecule has 12 nitrogen and oxygen atoms in total. The molecule has 3 aromatic carbocycles. The number of hydrogen-bond acceptors (Lipinski definition) is 9. The molecule has 48 heavy (non-hydrogen) atoms. The summed E-state index contributed by atoms with van der Waals surface area (Å²) in [6.07, 6.45) is -0.761. The van der Waals surface area contributed by atoms with E-state index < -0.39 is 34.4 Å². The summed E-state index contributed by atoms with van der Waals surface area (Å²) >= 11 is 6.10. The molecule has 1 aliphatic heterocycles. The van der Waals surface area contributed by atoms with Gasteiger partial charge in [0.05, 0.1) is 24.7 Å². The van der Waals surface area contributed by atoms with E-state index in [1.54, 1.807) is 19.1 Å². The number of hydrogen-bond donors (Lipinski definition) is 3. The highest BCUT2D eigenvalue weighted by Gasteiger charge is 2.27. The van der Waals surface area contributed by atoms with E-state index in [2.05, 4.69) is 57.0 Å². The number of benzene rings is 3. The molecule has 0 radical (unpaired) electrons. The van der Waals surface area contributed by atoms with Gasteiger partial charge in [0.1, 0.15) is 12.6 Å². The van der Waals surface area contributed by atoms with Crippen LogP contribution in [-0.2, 0) is 33.9 Å². The fourth-order valence-electron chi connectivity index (χ4n) is 5.02. The summed E-state index contributed by atoms with van der Waals surface area (Å²) in [5.74, 6) is -2.94. The van der Waals surface area contributed by atoms with Crippen molar-refractivity contribution in [3.63, 3.8) is 0 Å². The first-order chi connectivity index (χ1) is 22.9. The van der Waals surface area contributed by atoms with E-state index in [1.165, 1.54) is 30.4 Å². The Morgan fingerprint density at radius 1 is 0.896 bits per heavy atom. The summed E-state index contributed by atoms with van der Waals surface area (Å²) in [6.45, 7) is 7.05. The van der Waals surface area contributed by atoms with Gasteiger partial charge < -0.3 is 19.7 Å². The lowest BCUT2D eigenvalue weighted by Gasteiger charge is -2.39. The van der Waals surface area contributed by atoms with Crippen LogP contribution in [0.4, 0.5) is 0 Å². The number of nitrogens with one attached hydrogen (secondary N) is 1. The largest absolute Gasteiger partial charge is 0.481 e. The number of sulfonamides is 1. The molecule has 14 heteroatoms. The van der Waals surface area contributed by atoms with Gasteiger partial charge in [-0.2, -0.15) is 4.72 Å². The Kier molecular flexibility index (Phi) is 15.5. The fraction of sp³-hybridized carbons (Fsp3) is 0.382. The van der Waals surface area contributed by atoms with Crippen molar-refractivity contribution in [1.29, 1.82) is 0 Å². The second kappa shape index (κ2) is 19.2. The van der Waals surface area contributed by atoms with Gasteiger partial charge in [-0.1, -0.05) is 71.8 Å². The zero-order valence-corrected chi connectivity index (χ0v) is 28.5. The summed E-state index contributed by atoms with van der Waals surface area (Å²) in [5, 5.41) is 18.2. The number of nitrogens with zero attached hydrogens (tertiary/aromatic N) is 2. The Bertz CT molecular complexity index is 1570. The maximum absolute atomic E-state index is 12.0. The molecule has 0 amide bonds. The maximum Gasteiger partial charge on any atom is 0.331 e. The Hall–Kier alpha value is -3.85. The summed E-state index contributed by atoms with van der Waals surface area (Å²) in [6, 6.07) is 23.4. The Morgan fingerprint density at radius 2 is 1.50 bits per heavy atom. The van der Waals surface area contributed by atoms with Crippen LogP contribution in [0.25, 0.3) is 0 Å². The fourth-order valence-corrected chi connectivity index (χ4v) is 6.37. The molecule has 0 spiro atoms. The lowest BCUT2D eigenvalue weighted by molar-refractivity contribution is -0.146. The molecular weight excluding hydrogens is 662 g/mol. The van der Waals surface area contributed by atoms with Gasteiger partial charge in [-0.3, -0.25) is 19.4 Å². The molecule has 0 aromatic heterocycles. The normalized spacial score (nSPS) is 15.1.